The second-order valence-corrected chi connectivity index (χ2v) is 5.21. The van der Waals surface area contributed by atoms with E-state index in [2.05, 4.69) is 4.90 Å². The van der Waals surface area contributed by atoms with Crippen LogP contribution < -0.4 is 10.1 Å². The van der Waals surface area contributed by atoms with Crippen LogP contribution in [0.3, 0.4) is 0 Å². The van der Waals surface area contributed by atoms with Gasteiger partial charge in [-0.1, -0.05) is 0 Å². The quantitative estimate of drug-likeness (QED) is 0.846. The fraction of sp³-hybridized carbons (Fsp3) is 0.500. The number of nitrogens with one attached hydrogen (secondary N) is 1. The molecule has 3 rings (SSSR count). The van der Waals surface area contributed by atoms with Crippen LogP contribution in [0.4, 0.5) is 20.2 Å². The van der Waals surface area contributed by atoms with Crippen LogP contribution in [0.2, 0.25) is 0 Å². The molecule has 0 aromatic heterocycles. The van der Waals surface area contributed by atoms with Gasteiger partial charge in [-0.15, -0.1) is 0 Å². The summed E-state index contributed by atoms with van der Waals surface area (Å²) in [5.74, 6) is -2.44. The third-order valence-corrected chi connectivity index (χ3v) is 3.67. The monoisotopic (exact) mass is 239 g/mol. The van der Waals surface area contributed by atoms with Crippen LogP contribution >= 0.6 is 0 Å². The van der Waals surface area contributed by atoms with Crippen molar-refractivity contribution in [2.45, 2.75) is 18.8 Å². The topological polar surface area (TPSA) is 34.3 Å². The maximum atomic E-state index is 12.8. The van der Waals surface area contributed by atoms with Gasteiger partial charge in [-0.05, 0) is 12.1 Å². The van der Waals surface area contributed by atoms with Crippen molar-refractivity contribution in [1.29, 1.82) is 0 Å². The van der Waals surface area contributed by atoms with Crippen LogP contribution in [-0.4, -0.2) is 19.0 Å². The molecule has 1 saturated carbocycles. The fourth-order valence-corrected chi connectivity index (χ4v) is 2.96. The molecule has 2 aliphatic rings. The van der Waals surface area contributed by atoms with Gasteiger partial charge < -0.3 is 4.90 Å². The van der Waals surface area contributed by atoms with E-state index in [0.29, 0.717) is 18.8 Å². The first-order chi connectivity index (χ1) is 8.02. The molecule has 1 aromatic rings. The number of nitroso groups, excluding NO2 is 1. The first-order valence-electron chi connectivity index (χ1n) is 5.63. The maximum Gasteiger partial charge on any atom is 0.253 e. The lowest BCUT2D eigenvalue weighted by molar-refractivity contribution is -0.379. The highest BCUT2D eigenvalue weighted by Crippen LogP contribution is 2.57. The van der Waals surface area contributed by atoms with Gasteiger partial charge in [-0.2, -0.15) is 0 Å². The predicted molar refractivity (Wildman–Crippen MR) is 59.3 cm³/mol. The third-order valence-electron chi connectivity index (χ3n) is 3.67. The Balaban J connectivity index is 1.63. The first-order valence-corrected chi connectivity index (χ1v) is 5.63. The van der Waals surface area contributed by atoms with Crippen molar-refractivity contribution in [2.75, 3.05) is 18.0 Å². The van der Waals surface area contributed by atoms with Crippen LogP contribution in [0.15, 0.2) is 24.3 Å². The average molecular weight is 239 g/mol. The molecule has 1 heterocycles. The molecule has 1 saturated heterocycles. The summed E-state index contributed by atoms with van der Waals surface area (Å²) in [4.78, 5) is 12.5. The van der Waals surface area contributed by atoms with E-state index >= 15 is 0 Å². The van der Waals surface area contributed by atoms with Gasteiger partial charge in [0.2, 0.25) is 5.92 Å². The lowest BCUT2D eigenvalue weighted by atomic mass is 9.61. The van der Waals surface area contributed by atoms with E-state index in [1.807, 2.05) is 17.3 Å². The molecule has 1 aliphatic heterocycles. The van der Waals surface area contributed by atoms with Crippen molar-refractivity contribution in [1.82, 2.24) is 0 Å². The molecule has 5 heteroatoms. The third kappa shape index (κ3) is 1.69. The Kier molecular flexibility index (Phi) is 2.03. The Morgan fingerprint density at radius 1 is 1.12 bits per heavy atom. The highest BCUT2D eigenvalue weighted by atomic mass is 19.3. The first kappa shape index (κ1) is 10.6. The number of alkyl halides is 2. The van der Waals surface area contributed by atoms with Crippen LogP contribution in [-0.2, 0) is 0 Å². The van der Waals surface area contributed by atoms with Crippen LogP contribution in [0.1, 0.15) is 12.8 Å². The zero-order valence-corrected chi connectivity index (χ0v) is 9.25. The molecule has 0 radical (unpaired) electrons. The summed E-state index contributed by atoms with van der Waals surface area (Å²) in [5.41, 5.74) is 1.35. The van der Waals surface area contributed by atoms with Gasteiger partial charge >= 0.3 is 0 Å². The minimum absolute atomic E-state index is 0.0245. The highest BCUT2D eigenvalue weighted by molar-refractivity contribution is 5.53. The van der Waals surface area contributed by atoms with Gasteiger partial charge in [0.25, 0.3) is 5.69 Å². The van der Waals surface area contributed by atoms with Gasteiger partial charge in [0, 0.05) is 59.3 Å². The zero-order chi connectivity index (χ0) is 12.1. The molecular weight excluding hydrogens is 226 g/mol. The predicted octanol–water partition coefficient (Wildman–Crippen LogP) is 1.40. The van der Waals surface area contributed by atoms with E-state index in [-0.39, 0.29) is 18.3 Å². The fourth-order valence-electron chi connectivity index (χ4n) is 2.96. The largest absolute Gasteiger partial charge is 0.370 e. The van der Waals surface area contributed by atoms with Crippen LogP contribution in [0.5, 0.6) is 0 Å². The smallest absolute Gasteiger partial charge is 0.253 e. The summed E-state index contributed by atoms with van der Waals surface area (Å²) >= 11 is 0. The van der Waals surface area contributed by atoms with Crippen molar-refractivity contribution in [3.63, 3.8) is 0 Å². The Labute approximate surface area is 97.4 Å². The van der Waals surface area contributed by atoms with Crippen LogP contribution in [0, 0.1) is 10.3 Å². The molecule has 0 unspecified atom stereocenters. The van der Waals surface area contributed by atoms with E-state index in [4.69, 9.17) is 0 Å². The summed E-state index contributed by atoms with van der Waals surface area (Å²) < 4.78 is 25.6. The molecule has 0 bridgehead atoms. The Hall–Kier alpha value is -1.52. The Morgan fingerprint density at radius 3 is 2.18 bits per heavy atom. The normalized spacial score (nSPS) is 24.0. The summed E-state index contributed by atoms with van der Waals surface area (Å²) in [6, 6.07) is 7.07. The van der Waals surface area contributed by atoms with Gasteiger partial charge in [0.05, 0.1) is 0 Å². The molecule has 1 aromatic carbocycles. The minimum atomic E-state index is -2.44. The Morgan fingerprint density at radius 2 is 1.71 bits per heavy atom. The van der Waals surface area contributed by atoms with Crippen molar-refractivity contribution < 1.29 is 14.0 Å². The van der Waals surface area contributed by atoms with E-state index < -0.39 is 5.92 Å². The summed E-state index contributed by atoms with van der Waals surface area (Å²) in [7, 11) is 0. The van der Waals surface area contributed by atoms with Gasteiger partial charge in [0.1, 0.15) is 0 Å². The summed E-state index contributed by atoms with van der Waals surface area (Å²) in [6.07, 6.45) is 0.0490. The molecule has 1 N–H and O–H groups in total. The molecule has 17 heavy (non-hydrogen) atoms. The molecule has 90 valence electrons. The number of halogens is 2. The molecular formula is C12H13F2N2O+. The molecule has 3 nitrogen and oxygen atoms in total. The van der Waals surface area contributed by atoms with Gasteiger partial charge in [0.15, 0.2) is 0 Å². The van der Waals surface area contributed by atoms with E-state index in [1.165, 1.54) is 0 Å². The number of benzene rings is 1. The molecule has 1 spiro atoms. The second-order valence-electron chi connectivity index (χ2n) is 5.21. The summed E-state index contributed by atoms with van der Waals surface area (Å²) in [5, 5.41) is 1.81. The van der Waals surface area contributed by atoms with Crippen molar-refractivity contribution in [2.24, 2.45) is 5.41 Å². The minimum Gasteiger partial charge on any atom is -0.370 e. The Bertz CT molecular complexity index is 442. The number of anilines is 1. The van der Waals surface area contributed by atoms with Gasteiger partial charge in [-0.3, -0.25) is 0 Å². The van der Waals surface area contributed by atoms with E-state index in [1.54, 1.807) is 12.1 Å². The van der Waals surface area contributed by atoms with Crippen molar-refractivity contribution in [3.05, 3.63) is 29.2 Å². The second kappa shape index (κ2) is 3.24. The number of hydrogen-bond donors (Lipinski definition) is 1. The van der Waals surface area contributed by atoms with Crippen molar-refractivity contribution in [3.8, 4) is 0 Å². The van der Waals surface area contributed by atoms with E-state index in [9.17, 15) is 13.7 Å². The van der Waals surface area contributed by atoms with Crippen LogP contribution in [0.25, 0.3) is 0 Å². The lowest BCUT2D eigenvalue weighted by Crippen LogP contribution is -2.66. The van der Waals surface area contributed by atoms with Crippen molar-refractivity contribution >= 4 is 11.4 Å². The zero-order valence-electron chi connectivity index (χ0n) is 9.25. The highest BCUT2D eigenvalue weighted by Gasteiger charge is 2.61. The van der Waals surface area contributed by atoms with Gasteiger partial charge in [-0.25, -0.2) is 8.78 Å². The number of rotatable bonds is 2. The molecule has 0 amide bonds. The molecule has 2 fully saturated rings. The molecule has 0 atom stereocenters. The lowest BCUT2D eigenvalue weighted by Gasteiger charge is -2.59. The molecule has 1 aliphatic carbocycles. The average Bonchev–Trinajstić information content (AvgIpc) is 2.22. The maximum absolute atomic E-state index is 12.8. The standard InChI is InChI=1S/C12H12F2N2O/c13-12(14)5-11(6-12)7-16(8-11)10-3-1-9(15-17)2-4-10/h1-4H,5-8H2/p+1. The number of hydrogen-bond acceptors (Lipinski definition) is 2. The van der Waals surface area contributed by atoms with E-state index in [0.717, 1.165) is 5.69 Å². The SMILES string of the molecule is O=[NH+]c1ccc(N2CC3(C2)CC(F)(F)C3)cc1. The summed E-state index contributed by atoms with van der Waals surface area (Å²) in [6.45, 7) is 1.40. The number of nitrogens with zero attached hydrogens (tertiary/aromatic N) is 1.